The molecule has 3 heterocycles. The zero-order valence-corrected chi connectivity index (χ0v) is 16.1. The van der Waals surface area contributed by atoms with Gasteiger partial charge in [-0.3, -0.25) is 9.59 Å². The number of amides is 2. The van der Waals surface area contributed by atoms with Gasteiger partial charge in [0.2, 0.25) is 0 Å². The third-order valence-electron chi connectivity index (χ3n) is 5.32. The molecule has 4 rings (SSSR count). The first kappa shape index (κ1) is 19.2. The fraction of sp³-hybridized carbons (Fsp3) is 0.429. The van der Waals surface area contributed by atoms with Gasteiger partial charge in [0.1, 0.15) is 5.69 Å². The number of hydrogen-bond acceptors (Lipinski definition) is 5. The molecule has 0 bridgehead atoms. The molecular weight excluding hydrogens is 370 g/mol. The van der Waals surface area contributed by atoms with Crippen LogP contribution >= 0.6 is 0 Å². The number of hydrogen-bond donors (Lipinski definition) is 2. The van der Waals surface area contributed by atoms with Crippen LogP contribution in [0.5, 0.6) is 0 Å². The second kappa shape index (κ2) is 8.45. The number of fused-ring (bicyclic) bond motifs is 1. The predicted molar refractivity (Wildman–Crippen MR) is 106 cm³/mol. The Morgan fingerprint density at radius 2 is 2.03 bits per heavy atom. The maximum atomic E-state index is 12.8. The maximum Gasteiger partial charge on any atom is 0.291 e. The number of carbonyl (C=O) groups is 2. The molecule has 1 fully saturated rings. The Kier molecular flexibility index (Phi) is 5.58. The number of nitrogens with zero attached hydrogens (tertiary/aromatic N) is 3. The molecular formula is C21H23N5O3. The zero-order valence-electron chi connectivity index (χ0n) is 16.1. The Bertz CT molecular complexity index is 952. The number of ether oxygens (including phenoxy) is 1. The van der Waals surface area contributed by atoms with Crippen molar-refractivity contribution in [3.8, 4) is 6.07 Å². The van der Waals surface area contributed by atoms with Gasteiger partial charge >= 0.3 is 0 Å². The van der Waals surface area contributed by atoms with Crippen molar-refractivity contribution < 1.29 is 14.3 Å². The summed E-state index contributed by atoms with van der Waals surface area (Å²) in [7, 11) is 0. The Morgan fingerprint density at radius 1 is 1.21 bits per heavy atom. The van der Waals surface area contributed by atoms with Crippen LogP contribution in [0.2, 0.25) is 0 Å². The van der Waals surface area contributed by atoms with Crippen LogP contribution in [0.3, 0.4) is 0 Å². The van der Waals surface area contributed by atoms with Gasteiger partial charge in [-0.15, -0.1) is 0 Å². The Labute approximate surface area is 168 Å². The van der Waals surface area contributed by atoms with Gasteiger partial charge in [-0.1, -0.05) is 0 Å². The van der Waals surface area contributed by atoms with Gasteiger partial charge in [-0.05, 0) is 56.4 Å². The largest absolute Gasteiger partial charge is 0.376 e. The van der Waals surface area contributed by atoms with E-state index in [1.165, 1.54) is 0 Å². The number of anilines is 1. The molecule has 8 nitrogen and oxygen atoms in total. The highest BCUT2D eigenvalue weighted by atomic mass is 16.5. The summed E-state index contributed by atoms with van der Waals surface area (Å²) in [6, 6.07) is 8.67. The third-order valence-corrected chi connectivity index (χ3v) is 5.32. The average molecular weight is 393 g/mol. The number of carbonyl (C=O) groups excluding carboxylic acids is 2. The highest BCUT2D eigenvalue weighted by molar-refractivity contribution is 6.03. The lowest BCUT2D eigenvalue weighted by atomic mass is 10.1. The standard InChI is InChI=1S/C21H23N5O3/c22-12-14-6-8-15(9-7-14)24-21(28)19-25-18(17-5-1-2-10-26(17)19)20(27)23-13-16-4-3-11-29-16/h6-9,16H,1-5,10-11,13H2,(H,23,27)(H,24,28). The van der Waals surface area contributed by atoms with Crippen molar-refractivity contribution in [2.45, 2.75) is 44.8 Å². The Hall–Kier alpha value is -3.18. The van der Waals surface area contributed by atoms with Crippen LogP contribution in [0, 0.1) is 11.3 Å². The van der Waals surface area contributed by atoms with Crippen molar-refractivity contribution in [1.29, 1.82) is 5.26 Å². The number of benzene rings is 1. The summed E-state index contributed by atoms with van der Waals surface area (Å²) >= 11 is 0. The molecule has 1 aromatic heterocycles. The van der Waals surface area contributed by atoms with E-state index < -0.39 is 0 Å². The fourth-order valence-electron chi connectivity index (χ4n) is 3.81. The predicted octanol–water partition coefficient (Wildman–Crippen LogP) is 2.25. The lowest BCUT2D eigenvalue weighted by molar-refractivity contribution is 0.0853. The Balaban J connectivity index is 1.52. The molecule has 1 atom stereocenters. The van der Waals surface area contributed by atoms with Gasteiger partial charge < -0.3 is 19.9 Å². The van der Waals surface area contributed by atoms with Crippen LogP contribution in [0.4, 0.5) is 5.69 Å². The quantitative estimate of drug-likeness (QED) is 0.810. The van der Waals surface area contributed by atoms with Crippen molar-refractivity contribution in [2.75, 3.05) is 18.5 Å². The number of aromatic nitrogens is 2. The van der Waals surface area contributed by atoms with Crippen molar-refractivity contribution >= 4 is 17.5 Å². The lowest BCUT2D eigenvalue weighted by Gasteiger charge is -2.17. The Morgan fingerprint density at radius 3 is 2.76 bits per heavy atom. The van der Waals surface area contributed by atoms with Crippen LogP contribution in [0.1, 0.15) is 58.0 Å². The van der Waals surface area contributed by atoms with E-state index in [2.05, 4.69) is 15.6 Å². The molecule has 0 aliphatic carbocycles. The van der Waals surface area contributed by atoms with Crippen LogP contribution in [0.25, 0.3) is 0 Å². The van der Waals surface area contributed by atoms with Gasteiger partial charge in [0.05, 0.1) is 23.4 Å². The molecule has 0 radical (unpaired) electrons. The minimum Gasteiger partial charge on any atom is -0.376 e. The third kappa shape index (κ3) is 4.15. The number of imidazole rings is 1. The first-order valence-electron chi connectivity index (χ1n) is 9.96. The van der Waals surface area contributed by atoms with Crippen LogP contribution in [-0.4, -0.2) is 40.6 Å². The molecule has 1 saturated heterocycles. The first-order valence-corrected chi connectivity index (χ1v) is 9.96. The van der Waals surface area contributed by atoms with Gasteiger partial charge in [-0.25, -0.2) is 4.98 Å². The highest BCUT2D eigenvalue weighted by Gasteiger charge is 2.28. The molecule has 0 spiro atoms. The SMILES string of the molecule is N#Cc1ccc(NC(=O)c2nc(C(=O)NCC3CCCO3)c3n2CCCC3)cc1. The van der Waals surface area contributed by atoms with Crippen LogP contribution in [0.15, 0.2) is 24.3 Å². The summed E-state index contributed by atoms with van der Waals surface area (Å²) in [5.74, 6) is -0.383. The van der Waals surface area contributed by atoms with Crippen molar-refractivity contribution in [1.82, 2.24) is 14.9 Å². The molecule has 2 amide bonds. The van der Waals surface area contributed by atoms with Gasteiger partial charge in [0, 0.05) is 25.4 Å². The van der Waals surface area contributed by atoms with Crippen LogP contribution in [-0.2, 0) is 17.7 Å². The fourth-order valence-corrected chi connectivity index (χ4v) is 3.81. The average Bonchev–Trinajstić information content (AvgIpc) is 3.40. The normalized spacial score (nSPS) is 18.0. The van der Waals surface area contributed by atoms with Gasteiger partial charge in [0.15, 0.2) is 5.82 Å². The lowest BCUT2D eigenvalue weighted by Crippen LogP contribution is -2.32. The van der Waals surface area contributed by atoms with E-state index in [1.807, 2.05) is 10.6 Å². The molecule has 2 aromatic rings. The second-order valence-corrected chi connectivity index (χ2v) is 7.33. The monoisotopic (exact) mass is 393 g/mol. The number of rotatable bonds is 5. The number of nitriles is 1. The molecule has 29 heavy (non-hydrogen) atoms. The summed E-state index contributed by atoms with van der Waals surface area (Å²) in [6.07, 6.45) is 4.64. The molecule has 0 saturated carbocycles. The molecule has 150 valence electrons. The topological polar surface area (TPSA) is 109 Å². The van der Waals surface area contributed by atoms with Crippen LogP contribution < -0.4 is 10.6 Å². The first-order chi connectivity index (χ1) is 14.2. The van der Waals surface area contributed by atoms with E-state index in [0.717, 1.165) is 44.4 Å². The van der Waals surface area contributed by atoms with Gasteiger partial charge in [-0.2, -0.15) is 5.26 Å². The molecule has 2 aliphatic rings. The van der Waals surface area contributed by atoms with Gasteiger partial charge in [0.25, 0.3) is 11.8 Å². The minimum atomic E-state index is -0.365. The summed E-state index contributed by atoms with van der Waals surface area (Å²) in [5.41, 5.74) is 2.23. The van der Waals surface area contributed by atoms with Crippen molar-refractivity contribution in [2.24, 2.45) is 0 Å². The summed E-state index contributed by atoms with van der Waals surface area (Å²) < 4.78 is 7.40. The zero-order chi connectivity index (χ0) is 20.2. The van der Waals surface area contributed by atoms with E-state index in [9.17, 15) is 9.59 Å². The van der Waals surface area contributed by atoms with Crippen molar-refractivity contribution in [3.63, 3.8) is 0 Å². The minimum absolute atomic E-state index is 0.0524. The van der Waals surface area contributed by atoms with E-state index in [0.29, 0.717) is 30.0 Å². The molecule has 2 N–H and O–H groups in total. The van der Waals surface area contributed by atoms with E-state index in [4.69, 9.17) is 10.00 Å². The molecule has 1 unspecified atom stereocenters. The number of nitrogens with one attached hydrogen (secondary N) is 2. The smallest absolute Gasteiger partial charge is 0.291 e. The second-order valence-electron chi connectivity index (χ2n) is 7.33. The van der Waals surface area contributed by atoms with Crippen molar-refractivity contribution in [3.05, 3.63) is 47.0 Å². The molecule has 1 aromatic carbocycles. The molecule has 2 aliphatic heterocycles. The van der Waals surface area contributed by atoms with E-state index in [-0.39, 0.29) is 23.7 Å². The summed E-state index contributed by atoms with van der Waals surface area (Å²) in [5, 5.41) is 14.6. The summed E-state index contributed by atoms with van der Waals surface area (Å²) in [6.45, 7) is 1.86. The van der Waals surface area contributed by atoms with E-state index >= 15 is 0 Å². The molecule has 8 heteroatoms. The maximum absolute atomic E-state index is 12.8. The highest BCUT2D eigenvalue weighted by Crippen LogP contribution is 2.22. The van der Waals surface area contributed by atoms with E-state index in [1.54, 1.807) is 24.3 Å². The summed E-state index contributed by atoms with van der Waals surface area (Å²) in [4.78, 5) is 30.0.